The summed E-state index contributed by atoms with van der Waals surface area (Å²) in [7, 11) is -3.48. The van der Waals surface area contributed by atoms with Gasteiger partial charge in [-0.05, 0) is 30.0 Å². The van der Waals surface area contributed by atoms with E-state index in [4.69, 9.17) is 0 Å². The number of carbonyl (C=O) groups excluding carboxylic acids is 1. The molecule has 9 heteroatoms. The van der Waals surface area contributed by atoms with Crippen LogP contribution in [-0.2, 0) is 22.3 Å². The quantitative estimate of drug-likeness (QED) is 0.603. The van der Waals surface area contributed by atoms with Crippen LogP contribution in [0, 0.1) is 0 Å². The van der Waals surface area contributed by atoms with E-state index in [9.17, 15) is 13.2 Å². The molecular weight excluding hydrogens is 420 g/mol. The number of nitrogens with zero attached hydrogens (tertiary/aromatic N) is 3. The fourth-order valence-corrected chi connectivity index (χ4v) is 6.30. The number of hydrogen-bond donors (Lipinski definition) is 1. The van der Waals surface area contributed by atoms with Gasteiger partial charge in [0.1, 0.15) is 10.7 Å². The van der Waals surface area contributed by atoms with Gasteiger partial charge in [0, 0.05) is 32.3 Å². The number of rotatable bonds is 7. The van der Waals surface area contributed by atoms with Crippen LogP contribution >= 0.6 is 11.3 Å². The summed E-state index contributed by atoms with van der Waals surface area (Å²) in [5.74, 6) is -0.313. The van der Waals surface area contributed by atoms with Gasteiger partial charge in [-0.1, -0.05) is 36.4 Å². The van der Waals surface area contributed by atoms with Crippen molar-refractivity contribution in [3.63, 3.8) is 0 Å². The largest absolute Gasteiger partial charge is 0.347 e. The Labute approximate surface area is 181 Å². The topological polar surface area (TPSA) is 92.3 Å². The summed E-state index contributed by atoms with van der Waals surface area (Å²) in [6.07, 6.45) is 4.86. The van der Waals surface area contributed by atoms with Crippen LogP contribution in [0.1, 0.15) is 46.9 Å². The molecule has 1 aliphatic heterocycles. The zero-order chi connectivity index (χ0) is 21.0. The second-order valence-electron chi connectivity index (χ2n) is 7.13. The van der Waals surface area contributed by atoms with Gasteiger partial charge in [-0.3, -0.25) is 9.78 Å². The first-order valence-corrected chi connectivity index (χ1v) is 12.2. The lowest BCUT2D eigenvalue weighted by atomic mass is 10.2. The minimum absolute atomic E-state index is 0. The number of carbonyl (C=O) groups is 1. The SMILES string of the molecule is O=C(NCc1cccnc1)c1csc([C@@H]2CCCN2S(=O)(=O)Cc2ccccc2)n1.[HH]. The van der Waals surface area contributed by atoms with Gasteiger partial charge < -0.3 is 5.32 Å². The Morgan fingerprint density at radius 3 is 2.77 bits per heavy atom. The molecule has 1 aromatic carbocycles. The normalized spacial score (nSPS) is 17.1. The summed E-state index contributed by atoms with van der Waals surface area (Å²) in [4.78, 5) is 20.9. The van der Waals surface area contributed by atoms with Crippen molar-refractivity contribution in [2.75, 3.05) is 6.54 Å². The average molecular weight is 445 g/mol. The van der Waals surface area contributed by atoms with Gasteiger partial charge in [-0.25, -0.2) is 13.4 Å². The van der Waals surface area contributed by atoms with Crippen LogP contribution < -0.4 is 5.32 Å². The van der Waals surface area contributed by atoms with E-state index in [1.165, 1.54) is 15.6 Å². The second kappa shape index (κ2) is 9.03. The number of nitrogens with one attached hydrogen (secondary N) is 1. The molecule has 7 nitrogen and oxygen atoms in total. The van der Waals surface area contributed by atoms with Crippen LogP contribution in [0.15, 0.2) is 60.2 Å². The van der Waals surface area contributed by atoms with Crippen molar-refractivity contribution in [2.24, 2.45) is 0 Å². The number of sulfonamides is 1. The predicted octanol–water partition coefficient (Wildman–Crippen LogP) is 3.38. The molecule has 1 atom stereocenters. The van der Waals surface area contributed by atoms with Crippen molar-refractivity contribution >= 4 is 27.3 Å². The van der Waals surface area contributed by atoms with E-state index in [1.807, 2.05) is 42.5 Å². The van der Waals surface area contributed by atoms with Crippen molar-refractivity contribution in [1.82, 2.24) is 19.6 Å². The highest BCUT2D eigenvalue weighted by atomic mass is 32.2. The average Bonchev–Trinajstić information content (AvgIpc) is 3.43. The van der Waals surface area contributed by atoms with Gasteiger partial charge in [0.25, 0.3) is 5.91 Å². The molecule has 158 valence electrons. The zero-order valence-electron chi connectivity index (χ0n) is 16.3. The van der Waals surface area contributed by atoms with Crippen LogP contribution in [0.3, 0.4) is 0 Å². The Hall–Kier alpha value is -2.62. The van der Waals surface area contributed by atoms with Crippen LogP contribution in [0.25, 0.3) is 0 Å². The van der Waals surface area contributed by atoms with E-state index in [2.05, 4.69) is 15.3 Å². The maximum absolute atomic E-state index is 13.0. The molecule has 30 heavy (non-hydrogen) atoms. The number of pyridine rings is 1. The number of hydrogen-bond acceptors (Lipinski definition) is 6. The number of benzene rings is 1. The maximum Gasteiger partial charge on any atom is 0.271 e. The fraction of sp³-hybridized carbons (Fsp3) is 0.286. The van der Waals surface area contributed by atoms with Gasteiger partial charge in [0.15, 0.2) is 0 Å². The molecule has 0 spiro atoms. The van der Waals surface area contributed by atoms with Crippen LogP contribution in [0.2, 0.25) is 0 Å². The lowest BCUT2D eigenvalue weighted by molar-refractivity contribution is 0.0946. The predicted molar refractivity (Wildman–Crippen MR) is 117 cm³/mol. The molecule has 0 aliphatic carbocycles. The molecule has 1 N–H and O–H groups in total. The second-order valence-corrected chi connectivity index (χ2v) is 9.94. The lowest BCUT2D eigenvalue weighted by Crippen LogP contribution is -2.31. The number of aromatic nitrogens is 2. The monoisotopic (exact) mass is 444 g/mol. The Balaban J connectivity index is 0.00000272. The number of amides is 1. The molecule has 1 aliphatic rings. The lowest BCUT2D eigenvalue weighted by Gasteiger charge is -2.22. The first-order chi connectivity index (χ1) is 14.5. The number of thiazole rings is 1. The summed E-state index contributed by atoms with van der Waals surface area (Å²) >= 11 is 1.33. The molecule has 3 heterocycles. The molecule has 1 saturated heterocycles. The standard InChI is InChI=1S/C21H22N4O3S2.H2/c26-20(23-13-17-8-4-10-22-12-17)18-14-29-21(24-18)19-9-5-11-25(19)30(27,28)15-16-6-2-1-3-7-16;/h1-4,6-8,10,12,14,19H,5,9,11,13,15H2,(H,23,26);1H/t19-;/m0./s1. The highest BCUT2D eigenvalue weighted by Crippen LogP contribution is 2.36. The van der Waals surface area contributed by atoms with Crippen molar-refractivity contribution in [1.29, 1.82) is 0 Å². The minimum atomic E-state index is -3.48. The molecule has 2 aromatic heterocycles. The van der Waals surface area contributed by atoms with Crippen LogP contribution in [0.4, 0.5) is 0 Å². The zero-order valence-corrected chi connectivity index (χ0v) is 17.9. The third-order valence-corrected chi connectivity index (χ3v) is 7.76. The molecule has 0 unspecified atom stereocenters. The summed E-state index contributed by atoms with van der Waals surface area (Å²) in [6.45, 7) is 0.836. The van der Waals surface area contributed by atoms with E-state index in [1.54, 1.807) is 17.8 Å². The van der Waals surface area contributed by atoms with Gasteiger partial charge in [0.05, 0.1) is 11.8 Å². The molecule has 0 radical (unpaired) electrons. The van der Waals surface area contributed by atoms with E-state index in [0.29, 0.717) is 30.2 Å². The third-order valence-electron chi connectivity index (χ3n) is 4.97. The molecule has 0 bridgehead atoms. The Morgan fingerprint density at radius 1 is 1.20 bits per heavy atom. The molecular formula is C21H24N4O3S2. The van der Waals surface area contributed by atoms with Gasteiger partial charge in [-0.15, -0.1) is 11.3 Å². The molecule has 1 fully saturated rings. The van der Waals surface area contributed by atoms with Gasteiger partial charge in [0.2, 0.25) is 10.0 Å². The molecule has 1 amide bonds. The molecule has 0 saturated carbocycles. The first-order valence-electron chi connectivity index (χ1n) is 9.69. The van der Waals surface area contributed by atoms with Crippen molar-refractivity contribution < 1.29 is 14.6 Å². The van der Waals surface area contributed by atoms with E-state index >= 15 is 0 Å². The third kappa shape index (κ3) is 4.75. The summed E-state index contributed by atoms with van der Waals surface area (Å²) in [6, 6.07) is 12.6. The first kappa shape index (κ1) is 20.6. The highest BCUT2D eigenvalue weighted by Gasteiger charge is 2.37. The Bertz CT molecular complexity index is 1110. The van der Waals surface area contributed by atoms with E-state index < -0.39 is 10.0 Å². The van der Waals surface area contributed by atoms with Crippen molar-refractivity contribution in [3.8, 4) is 0 Å². The van der Waals surface area contributed by atoms with E-state index in [-0.39, 0.29) is 19.1 Å². The van der Waals surface area contributed by atoms with Crippen molar-refractivity contribution in [2.45, 2.75) is 31.2 Å². The highest BCUT2D eigenvalue weighted by molar-refractivity contribution is 7.88. The summed E-state index contributed by atoms with van der Waals surface area (Å²) in [5, 5.41) is 5.18. The smallest absolute Gasteiger partial charge is 0.271 e. The van der Waals surface area contributed by atoms with E-state index in [0.717, 1.165) is 17.5 Å². The fourth-order valence-electron chi connectivity index (χ4n) is 3.51. The molecule has 3 aromatic rings. The maximum atomic E-state index is 13.0. The Morgan fingerprint density at radius 2 is 2.00 bits per heavy atom. The van der Waals surface area contributed by atoms with Gasteiger partial charge >= 0.3 is 0 Å². The Kier molecular flexibility index (Phi) is 6.21. The summed E-state index contributed by atoms with van der Waals surface area (Å²) < 4.78 is 27.5. The summed E-state index contributed by atoms with van der Waals surface area (Å²) in [5.41, 5.74) is 1.97. The van der Waals surface area contributed by atoms with Crippen molar-refractivity contribution in [3.05, 3.63) is 82.1 Å². The minimum Gasteiger partial charge on any atom is -0.347 e. The molecule has 4 rings (SSSR count). The van der Waals surface area contributed by atoms with Gasteiger partial charge in [-0.2, -0.15) is 4.31 Å². The van der Waals surface area contributed by atoms with Crippen LogP contribution in [0.5, 0.6) is 0 Å². The van der Waals surface area contributed by atoms with Crippen LogP contribution in [-0.4, -0.2) is 35.1 Å².